The van der Waals surface area contributed by atoms with Gasteiger partial charge in [0.25, 0.3) is 0 Å². The zero-order valence-electron chi connectivity index (χ0n) is 7.50. The average Bonchev–Trinajstić information content (AvgIpc) is 2.11. The summed E-state index contributed by atoms with van der Waals surface area (Å²) in [6.07, 6.45) is 0. The Morgan fingerprint density at radius 2 is 2.14 bits per heavy atom. The van der Waals surface area contributed by atoms with Crippen molar-refractivity contribution in [3.05, 3.63) is 22.4 Å². The molecule has 0 heterocycles. The molecule has 0 atom stereocenters. The Labute approximate surface area is 89.8 Å². The number of hydrogen-bond donors (Lipinski definition) is 2. The van der Waals surface area contributed by atoms with Gasteiger partial charge in [-0.15, -0.1) is 0 Å². The highest BCUT2D eigenvalue weighted by Crippen LogP contribution is 2.26. The Morgan fingerprint density at radius 3 is 2.64 bits per heavy atom. The molecule has 6 heteroatoms. The highest BCUT2D eigenvalue weighted by molar-refractivity contribution is 9.10. The van der Waals surface area contributed by atoms with E-state index in [1.807, 2.05) is 0 Å². The maximum Gasteiger partial charge on any atom is 0.491 e. The second-order valence-corrected chi connectivity index (χ2v) is 3.44. The molecule has 0 spiro atoms. The molecule has 0 aliphatic carbocycles. The zero-order valence-corrected chi connectivity index (χ0v) is 9.08. The minimum atomic E-state index is -1.83. The lowest BCUT2D eigenvalue weighted by Crippen LogP contribution is -2.33. The van der Waals surface area contributed by atoms with Crippen LogP contribution in [0.3, 0.4) is 0 Å². The summed E-state index contributed by atoms with van der Waals surface area (Å²) in [4.78, 5) is 0. The lowest BCUT2D eigenvalue weighted by Gasteiger charge is -2.10. The Bertz CT molecular complexity index is 333. The largest absolute Gasteiger partial charge is 0.491 e. The summed E-state index contributed by atoms with van der Waals surface area (Å²) in [7, 11) is -1.83. The van der Waals surface area contributed by atoms with Crippen LogP contribution >= 0.6 is 15.9 Å². The smallest absolute Gasteiger partial charge is 0.490 e. The van der Waals surface area contributed by atoms with E-state index >= 15 is 0 Å². The molecule has 0 radical (unpaired) electrons. The average molecular weight is 263 g/mol. The summed E-state index contributed by atoms with van der Waals surface area (Å²) in [5, 5.41) is 17.7. The van der Waals surface area contributed by atoms with E-state index in [-0.39, 0.29) is 11.2 Å². The Hall–Kier alpha value is -0.585. The highest BCUT2D eigenvalue weighted by atomic mass is 79.9. The fourth-order valence-corrected chi connectivity index (χ4v) is 1.44. The second kappa shape index (κ2) is 4.77. The van der Waals surface area contributed by atoms with Crippen LogP contribution in [0.5, 0.6) is 5.75 Å². The standard InChI is InChI=1S/C8H9BBrFO3/c1-2-14-8-6(10)4-3-5(7(8)11)9(12)13/h3-4,12-13H,2H2,1H3. The number of hydrogen-bond acceptors (Lipinski definition) is 3. The van der Waals surface area contributed by atoms with Crippen molar-refractivity contribution in [3.63, 3.8) is 0 Å². The van der Waals surface area contributed by atoms with Gasteiger partial charge in [0.15, 0.2) is 11.6 Å². The number of benzene rings is 1. The van der Waals surface area contributed by atoms with Crippen LogP contribution in [0.15, 0.2) is 16.6 Å². The van der Waals surface area contributed by atoms with Crippen molar-refractivity contribution in [1.29, 1.82) is 0 Å². The van der Waals surface area contributed by atoms with Gasteiger partial charge in [-0.25, -0.2) is 4.39 Å². The van der Waals surface area contributed by atoms with Crippen LogP contribution in [0.2, 0.25) is 0 Å². The molecule has 0 amide bonds. The molecule has 0 aliphatic heterocycles. The quantitative estimate of drug-likeness (QED) is 0.788. The Kier molecular flexibility index (Phi) is 3.91. The molecule has 0 saturated heterocycles. The first-order chi connectivity index (χ1) is 6.57. The van der Waals surface area contributed by atoms with Gasteiger partial charge in [-0.05, 0) is 28.9 Å². The maximum atomic E-state index is 13.5. The van der Waals surface area contributed by atoms with Gasteiger partial charge in [-0.3, -0.25) is 0 Å². The van der Waals surface area contributed by atoms with Crippen LogP contribution in [0, 0.1) is 5.82 Å². The van der Waals surface area contributed by atoms with Crippen molar-refractivity contribution in [3.8, 4) is 5.75 Å². The van der Waals surface area contributed by atoms with Crippen molar-refractivity contribution in [2.75, 3.05) is 6.61 Å². The van der Waals surface area contributed by atoms with Crippen molar-refractivity contribution in [2.24, 2.45) is 0 Å². The van der Waals surface area contributed by atoms with Crippen LogP contribution in [-0.4, -0.2) is 23.8 Å². The summed E-state index contributed by atoms with van der Waals surface area (Å²) in [5.41, 5.74) is -0.198. The van der Waals surface area contributed by atoms with E-state index in [0.29, 0.717) is 11.1 Å². The molecule has 0 bridgehead atoms. The molecule has 2 N–H and O–H groups in total. The van der Waals surface area contributed by atoms with Crippen LogP contribution in [0.1, 0.15) is 6.92 Å². The summed E-state index contributed by atoms with van der Waals surface area (Å²) in [6.45, 7) is 2.02. The van der Waals surface area contributed by atoms with Crippen LogP contribution in [0.4, 0.5) is 4.39 Å². The van der Waals surface area contributed by atoms with Gasteiger partial charge in [-0.2, -0.15) is 0 Å². The normalized spacial score (nSPS) is 10.1. The topological polar surface area (TPSA) is 49.7 Å². The van der Waals surface area contributed by atoms with Crippen LogP contribution < -0.4 is 10.2 Å². The molecule has 1 rings (SSSR count). The lowest BCUT2D eigenvalue weighted by atomic mass is 9.80. The first-order valence-corrected chi connectivity index (χ1v) is 4.84. The van der Waals surface area contributed by atoms with Crippen molar-refractivity contribution in [2.45, 2.75) is 6.92 Å². The summed E-state index contributed by atoms with van der Waals surface area (Å²) in [6, 6.07) is 2.79. The van der Waals surface area contributed by atoms with Gasteiger partial charge >= 0.3 is 7.12 Å². The maximum absolute atomic E-state index is 13.5. The second-order valence-electron chi connectivity index (χ2n) is 2.59. The van der Waals surface area contributed by atoms with Gasteiger partial charge in [0.1, 0.15) is 0 Å². The molecular formula is C8H9BBrFO3. The monoisotopic (exact) mass is 262 g/mol. The molecular weight excluding hydrogens is 254 g/mol. The van der Waals surface area contributed by atoms with Crippen LogP contribution in [0.25, 0.3) is 0 Å². The Morgan fingerprint density at radius 1 is 1.50 bits per heavy atom. The predicted octanol–water partition coefficient (Wildman–Crippen LogP) is 0.667. The predicted molar refractivity (Wildman–Crippen MR) is 55.1 cm³/mol. The fourth-order valence-electron chi connectivity index (χ4n) is 1.02. The first kappa shape index (κ1) is 11.5. The van der Waals surface area contributed by atoms with E-state index in [2.05, 4.69) is 15.9 Å². The van der Waals surface area contributed by atoms with Crippen LogP contribution in [-0.2, 0) is 0 Å². The van der Waals surface area contributed by atoms with Crippen molar-refractivity contribution < 1.29 is 19.2 Å². The molecule has 0 aliphatic rings. The summed E-state index contributed by atoms with van der Waals surface area (Å²) >= 11 is 3.10. The molecule has 0 saturated carbocycles. The number of halogens is 2. The molecule has 0 fully saturated rings. The lowest BCUT2D eigenvalue weighted by molar-refractivity contribution is 0.319. The third-order valence-corrected chi connectivity index (χ3v) is 2.27. The van der Waals surface area contributed by atoms with Crippen molar-refractivity contribution >= 4 is 28.5 Å². The van der Waals surface area contributed by atoms with E-state index in [1.165, 1.54) is 12.1 Å². The van der Waals surface area contributed by atoms with E-state index in [4.69, 9.17) is 14.8 Å². The molecule has 14 heavy (non-hydrogen) atoms. The van der Waals surface area contributed by atoms with E-state index in [0.717, 1.165) is 0 Å². The first-order valence-electron chi connectivity index (χ1n) is 4.04. The van der Waals surface area contributed by atoms with E-state index in [9.17, 15) is 4.39 Å². The third kappa shape index (κ3) is 2.26. The molecule has 1 aromatic carbocycles. The molecule has 3 nitrogen and oxygen atoms in total. The summed E-state index contributed by atoms with van der Waals surface area (Å²) in [5.74, 6) is -0.755. The highest BCUT2D eigenvalue weighted by Gasteiger charge is 2.21. The van der Waals surface area contributed by atoms with E-state index in [1.54, 1.807) is 6.92 Å². The third-order valence-electron chi connectivity index (χ3n) is 1.65. The molecule has 0 aromatic heterocycles. The minimum Gasteiger partial charge on any atom is -0.490 e. The number of rotatable bonds is 3. The zero-order chi connectivity index (χ0) is 10.7. The molecule has 0 unspecified atom stereocenters. The van der Waals surface area contributed by atoms with Crippen molar-refractivity contribution in [1.82, 2.24) is 0 Å². The van der Waals surface area contributed by atoms with Gasteiger partial charge in [0.2, 0.25) is 0 Å². The summed E-state index contributed by atoms with van der Waals surface area (Å²) < 4.78 is 19.0. The van der Waals surface area contributed by atoms with Gasteiger partial charge < -0.3 is 14.8 Å². The molecule has 1 aromatic rings. The van der Waals surface area contributed by atoms with Gasteiger partial charge in [0, 0.05) is 5.46 Å². The number of ether oxygens (including phenoxy) is 1. The minimum absolute atomic E-state index is 0.00176. The Balaban J connectivity index is 3.19. The molecule has 76 valence electrons. The fraction of sp³-hybridized carbons (Fsp3) is 0.250. The van der Waals surface area contributed by atoms with Gasteiger partial charge in [0.05, 0.1) is 11.1 Å². The van der Waals surface area contributed by atoms with Gasteiger partial charge in [-0.1, -0.05) is 6.07 Å². The van der Waals surface area contributed by atoms with E-state index < -0.39 is 12.9 Å². The SMILES string of the molecule is CCOc1c(Br)ccc(B(O)O)c1F.